The molecule has 0 unspecified atom stereocenters. The molecule has 144 valence electrons. The van der Waals surface area contributed by atoms with Crippen molar-refractivity contribution in [2.45, 2.75) is 37.8 Å². The number of esters is 1. The smallest absolute Gasteiger partial charge is 0.344 e. The van der Waals surface area contributed by atoms with Crippen molar-refractivity contribution >= 4 is 23.8 Å². The van der Waals surface area contributed by atoms with Gasteiger partial charge in [0.15, 0.2) is 12.7 Å². The predicted molar refractivity (Wildman–Crippen MR) is 91.9 cm³/mol. The van der Waals surface area contributed by atoms with Crippen molar-refractivity contribution in [3.05, 3.63) is 35.9 Å². The molecule has 2 atom stereocenters. The lowest BCUT2D eigenvalue weighted by Gasteiger charge is -2.25. The minimum Gasteiger partial charge on any atom is -0.454 e. The minimum absolute atomic E-state index is 0.308. The van der Waals surface area contributed by atoms with Gasteiger partial charge in [0, 0.05) is 6.61 Å². The Bertz CT molecular complexity index is 747. The molecule has 1 aromatic carbocycles. The molecular weight excluding hydrogens is 354 g/mol. The lowest BCUT2D eigenvalue weighted by molar-refractivity contribution is -0.158. The van der Waals surface area contributed by atoms with Crippen LogP contribution in [-0.2, 0) is 29.4 Å². The van der Waals surface area contributed by atoms with Crippen LogP contribution in [0.2, 0.25) is 0 Å². The van der Waals surface area contributed by atoms with Gasteiger partial charge in [0.25, 0.3) is 11.8 Å². The maximum Gasteiger partial charge on any atom is 0.344 e. The zero-order chi connectivity index (χ0) is 19.4. The lowest BCUT2D eigenvalue weighted by atomic mass is 9.87. The lowest BCUT2D eigenvalue weighted by Crippen LogP contribution is -2.49. The van der Waals surface area contributed by atoms with Crippen LogP contribution in [0.1, 0.15) is 31.7 Å². The monoisotopic (exact) mass is 375 g/mol. The van der Waals surface area contributed by atoms with E-state index in [1.807, 2.05) is 0 Å². The summed E-state index contributed by atoms with van der Waals surface area (Å²) in [4.78, 5) is 48.9. The number of carbonyl (C=O) groups is 4. The number of benzene rings is 1. The van der Waals surface area contributed by atoms with Crippen molar-refractivity contribution in [3.63, 3.8) is 0 Å². The van der Waals surface area contributed by atoms with E-state index in [1.165, 1.54) is 0 Å². The molecule has 0 spiro atoms. The van der Waals surface area contributed by atoms with Gasteiger partial charge in [-0.1, -0.05) is 37.3 Å². The largest absolute Gasteiger partial charge is 0.454 e. The number of ether oxygens (including phenoxy) is 2. The highest BCUT2D eigenvalue weighted by molar-refractivity contribution is 6.08. The summed E-state index contributed by atoms with van der Waals surface area (Å²) in [7, 11) is 0. The van der Waals surface area contributed by atoms with Gasteiger partial charge in [-0.2, -0.15) is 5.01 Å². The zero-order valence-corrected chi connectivity index (χ0v) is 14.9. The predicted octanol–water partition coefficient (Wildman–Crippen LogP) is 0.597. The van der Waals surface area contributed by atoms with Crippen LogP contribution >= 0.6 is 0 Å². The van der Waals surface area contributed by atoms with E-state index < -0.39 is 42.1 Å². The molecule has 2 saturated heterocycles. The van der Waals surface area contributed by atoms with Gasteiger partial charge in [-0.15, -0.1) is 0 Å². The van der Waals surface area contributed by atoms with Crippen LogP contribution in [0.25, 0.3) is 0 Å². The molecule has 2 heterocycles. The number of rotatable bonds is 6. The van der Waals surface area contributed by atoms with E-state index >= 15 is 0 Å². The van der Waals surface area contributed by atoms with Crippen LogP contribution in [0.15, 0.2) is 30.3 Å². The summed E-state index contributed by atoms with van der Waals surface area (Å²) >= 11 is 0. The van der Waals surface area contributed by atoms with Crippen molar-refractivity contribution in [3.8, 4) is 0 Å². The second-order valence-electron chi connectivity index (χ2n) is 6.34. The summed E-state index contributed by atoms with van der Waals surface area (Å²) in [6.45, 7) is 1.63. The molecule has 0 aromatic heterocycles. The summed E-state index contributed by atoms with van der Waals surface area (Å²) in [6.07, 6.45) is 0.943. The first kappa shape index (κ1) is 18.8. The second-order valence-corrected chi connectivity index (χ2v) is 6.34. The highest BCUT2D eigenvalue weighted by Crippen LogP contribution is 2.31. The summed E-state index contributed by atoms with van der Waals surface area (Å²) in [5.41, 5.74) is 1.57. The van der Waals surface area contributed by atoms with Gasteiger partial charge in [-0.25, -0.2) is 9.59 Å². The Morgan fingerprint density at radius 3 is 2.70 bits per heavy atom. The number of nitrogens with zero attached hydrogens (tertiary/aromatic N) is 1. The van der Waals surface area contributed by atoms with E-state index in [0.717, 1.165) is 6.42 Å². The Kier molecular flexibility index (Phi) is 5.41. The van der Waals surface area contributed by atoms with E-state index in [9.17, 15) is 19.2 Å². The summed E-state index contributed by atoms with van der Waals surface area (Å²) < 4.78 is 10.1. The van der Waals surface area contributed by atoms with Gasteiger partial charge in [0.2, 0.25) is 0 Å². The second kappa shape index (κ2) is 7.75. The standard InChI is InChI=1S/C18H21N3O6/c1-2-18(12-7-4-3-5-8-12)16(24)21(17(25)19-18)20-14(22)11-27-15(23)13-9-6-10-26-13/h3-5,7-8,13H,2,6,9-11H2,1H3,(H,19,25)(H,20,22)/t13-,18+/m0/s1. The Morgan fingerprint density at radius 1 is 1.33 bits per heavy atom. The molecular formula is C18H21N3O6. The third kappa shape index (κ3) is 3.63. The topological polar surface area (TPSA) is 114 Å². The van der Waals surface area contributed by atoms with Gasteiger partial charge in [0.1, 0.15) is 5.54 Å². The SMILES string of the molecule is CC[C@]1(c2ccccc2)NC(=O)N(NC(=O)COC(=O)[C@@H]2CCCO2)C1=O. The Morgan fingerprint density at radius 2 is 2.07 bits per heavy atom. The summed E-state index contributed by atoms with van der Waals surface area (Å²) in [5.74, 6) is -2.02. The van der Waals surface area contributed by atoms with Crippen molar-refractivity contribution in [1.82, 2.24) is 15.8 Å². The molecule has 0 radical (unpaired) electrons. The van der Waals surface area contributed by atoms with Crippen LogP contribution in [0.3, 0.4) is 0 Å². The Labute approximate surface area is 156 Å². The van der Waals surface area contributed by atoms with Gasteiger partial charge >= 0.3 is 12.0 Å². The summed E-state index contributed by atoms with van der Waals surface area (Å²) in [6, 6.07) is 8.04. The minimum atomic E-state index is -1.25. The Hall–Kier alpha value is -2.94. The van der Waals surface area contributed by atoms with Crippen LogP contribution in [0.5, 0.6) is 0 Å². The van der Waals surface area contributed by atoms with Crippen LogP contribution in [0, 0.1) is 0 Å². The van der Waals surface area contributed by atoms with Gasteiger partial charge in [-0.05, 0) is 24.8 Å². The van der Waals surface area contributed by atoms with E-state index in [1.54, 1.807) is 37.3 Å². The maximum absolute atomic E-state index is 12.9. The molecule has 4 amide bonds. The normalized spacial score (nSPS) is 24.6. The maximum atomic E-state index is 12.9. The third-order valence-electron chi connectivity index (χ3n) is 4.66. The fourth-order valence-electron chi connectivity index (χ4n) is 3.19. The first-order chi connectivity index (χ1) is 13.0. The van der Waals surface area contributed by atoms with Crippen molar-refractivity contribution in [1.29, 1.82) is 0 Å². The Balaban J connectivity index is 1.63. The summed E-state index contributed by atoms with van der Waals surface area (Å²) in [5, 5.41) is 3.27. The van der Waals surface area contributed by atoms with Crippen molar-refractivity contribution in [2.75, 3.05) is 13.2 Å². The molecule has 9 heteroatoms. The van der Waals surface area contributed by atoms with E-state index in [0.29, 0.717) is 30.0 Å². The molecule has 0 aliphatic carbocycles. The van der Waals surface area contributed by atoms with Crippen LogP contribution < -0.4 is 10.7 Å². The number of carbonyl (C=O) groups excluding carboxylic acids is 4. The van der Waals surface area contributed by atoms with Crippen molar-refractivity contribution < 1.29 is 28.7 Å². The number of amides is 4. The molecule has 0 bridgehead atoms. The number of hydrogen-bond donors (Lipinski definition) is 2. The molecule has 2 fully saturated rings. The number of urea groups is 1. The molecule has 2 N–H and O–H groups in total. The van der Waals surface area contributed by atoms with Gasteiger partial charge < -0.3 is 14.8 Å². The number of nitrogens with one attached hydrogen (secondary N) is 2. The highest BCUT2D eigenvalue weighted by Gasteiger charge is 2.52. The van der Waals surface area contributed by atoms with Gasteiger partial charge in [0.05, 0.1) is 0 Å². The van der Waals surface area contributed by atoms with E-state index in [2.05, 4.69) is 10.7 Å². The molecule has 0 saturated carbocycles. The zero-order valence-electron chi connectivity index (χ0n) is 14.9. The average molecular weight is 375 g/mol. The molecule has 2 aliphatic rings. The number of hydrogen-bond acceptors (Lipinski definition) is 6. The van der Waals surface area contributed by atoms with Crippen molar-refractivity contribution in [2.24, 2.45) is 0 Å². The molecule has 27 heavy (non-hydrogen) atoms. The van der Waals surface area contributed by atoms with Crippen LogP contribution in [0.4, 0.5) is 4.79 Å². The van der Waals surface area contributed by atoms with E-state index in [-0.39, 0.29) is 0 Å². The first-order valence-electron chi connectivity index (χ1n) is 8.78. The molecule has 2 aliphatic heterocycles. The van der Waals surface area contributed by atoms with Crippen LogP contribution in [-0.4, -0.2) is 48.1 Å². The number of hydrazine groups is 1. The van der Waals surface area contributed by atoms with Gasteiger partial charge in [-0.3, -0.25) is 15.0 Å². The molecule has 3 rings (SSSR count). The highest BCUT2D eigenvalue weighted by atomic mass is 16.6. The quantitative estimate of drug-likeness (QED) is 0.556. The number of imide groups is 1. The average Bonchev–Trinajstić information content (AvgIpc) is 3.30. The van der Waals surface area contributed by atoms with E-state index in [4.69, 9.17) is 9.47 Å². The fourth-order valence-corrected chi connectivity index (χ4v) is 3.19. The first-order valence-corrected chi connectivity index (χ1v) is 8.78. The molecule has 9 nitrogen and oxygen atoms in total. The molecule has 1 aromatic rings. The third-order valence-corrected chi connectivity index (χ3v) is 4.66. The fraction of sp³-hybridized carbons (Fsp3) is 0.444.